The van der Waals surface area contributed by atoms with Gasteiger partial charge in [0.1, 0.15) is 17.2 Å². The third-order valence-electron chi connectivity index (χ3n) is 15.2. The Bertz CT molecular complexity index is 3230. The van der Waals surface area contributed by atoms with Gasteiger partial charge in [-0.2, -0.15) is 0 Å². The van der Waals surface area contributed by atoms with E-state index in [9.17, 15) is 0 Å². The first kappa shape index (κ1) is 50.6. The quantitative estimate of drug-likeness (QED) is 0.0420. The van der Waals surface area contributed by atoms with Crippen molar-refractivity contribution in [2.45, 2.75) is 150 Å². The van der Waals surface area contributed by atoms with Gasteiger partial charge in [0.05, 0.1) is 6.61 Å². The third-order valence-corrected chi connectivity index (χ3v) is 15.2. The standard InChI is InChI=1S/C70H78O2/c1-6-9-12-15-16-17-18-21-42-71-62-38-40-64-66(48-62)69(60-36-34-55-43-52(22-19-13-10-7-2)27-32-57(55)45-60)65-41-39-63(72-68-47-59(31-26-51(68)5)54-29-24-50(4)25-30-54)49-67(65)70(64)61-37-35-56-44-53(23-20-14-11-8-3)28-33-58(56)46-61/h24-41,43-49H,6-23,42H2,1-5H3. The Morgan fingerprint density at radius 1 is 0.333 bits per heavy atom. The van der Waals surface area contributed by atoms with E-state index in [4.69, 9.17) is 9.47 Å². The van der Waals surface area contributed by atoms with E-state index < -0.39 is 0 Å². The van der Waals surface area contributed by atoms with Crippen LogP contribution in [0.1, 0.15) is 146 Å². The lowest BCUT2D eigenvalue weighted by molar-refractivity contribution is 0.304. The van der Waals surface area contributed by atoms with Gasteiger partial charge in [0, 0.05) is 0 Å². The molecule has 0 N–H and O–H groups in total. The number of hydrogen-bond donors (Lipinski definition) is 0. The van der Waals surface area contributed by atoms with Crippen molar-refractivity contribution in [2.24, 2.45) is 0 Å². The smallest absolute Gasteiger partial charge is 0.130 e. The van der Waals surface area contributed by atoms with Gasteiger partial charge in [-0.05, 0) is 182 Å². The average Bonchev–Trinajstić information content (AvgIpc) is 3.40. The predicted molar refractivity (Wildman–Crippen MR) is 313 cm³/mol. The molecule has 0 amide bonds. The van der Waals surface area contributed by atoms with Gasteiger partial charge in [-0.25, -0.2) is 0 Å². The molecule has 72 heavy (non-hydrogen) atoms. The molecular formula is C70H78O2. The Labute approximate surface area is 431 Å². The second-order valence-electron chi connectivity index (χ2n) is 20.9. The fraction of sp³-hybridized carbons (Fsp3) is 0.343. The Hall–Kier alpha value is -6.38. The highest BCUT2D eigenvalue weighted by molar-refractivity contribution is 6.22. The van der Waals surface area contributed by atoms with Gasteiger partial charge in [-0.1, -0.05) is 219 Å². The van der Waals surface area contributed by atoms with Crippen LogP contribution in [0.4, 0.5) is 0 Å². The molecule has 0 fully saturated rings. The van der Waals surface area contributed by atoms with E-state index in [1.54, 1.807) is 0 Å². The summed E-state index contributed by atoms with van der Waals surface area (Å²) < 4.78 is 13.7. The summed E-state index contributed by atoms with van der Waals surface area (Å²) in [4.78, 5) is 0. The summed E-state index contributed by atoms with van der Waals surface area (Å²) in [5.41, 5.74) is 12.4. The number of rotatable bonds is 25. The van der Waals surface area contributed by atoms with Crippen molar-refractivity contribution in [2.75, 3.05) is 6.61 Å². The minimum Gasteiger partial charge on any atom is -0.494 e. The van der Waals surface area contributed by atoms with E-state index in [-0.39, 0.29) is 0 Å². The number of benzene rings is 9. The van der Waals surface area contributed by atoms with Crippen molar-refractivity contribution in [3.05, 3.63) is 174 Å². The fourth-order valence-corrected chi connectivity index (χ4v) is 10.9. The molecule has 9 aromatic rings. The number of hydrogen-bond acceptors (Lipinski definition) is 2. The van der Waals surface area contributed by atoms with Gasteiger partial charge < -0.3 is 9.47 Å². The minimum absolute atomic E-state index is 0.726. The van der Waals surface area contributed by atoms with Gasteiger partial charge in [0.25, 0.3) is 0 Å². The van der Waals surface area contributed by atoms with Crippen LogP contribution in [0, 0.1) is 13.8 Å². The first-order valence-corrected chi connectivity index (χ1v) is 28.0. The van der Waals surface area contributed by atoms with E-state index >= 15 is 0 Å². The van der Waals surface area contributed by atoms with Crippen LogP contribution in [0.2, 0.25) is 0 Å². The van der Waals surface area contributed by atoms with E-state index in [0.717, 1.165) is 54.2 Å². The summed E-state index contributed by atoms with van der Waals surface area (Å²) in [6.07, 6.45) is 22.7. The average molecular weight is 951 g/mol. The minimum atomic E-state index is 0.726. The van der Waals surface area contributed by atoms with Crippen LogP contribution >= 0.6 is 0 Å². The van der Waals surface area contributed by atoms with Crippen molar-refractivity contribution >= 4 is 43.1 Å². The zero-order valence-electron chi connectivity index (χ0n) is 44.2. The maximum atomic E-state index is 6.99. The van der Waals surface area contributed by atoms with Crippen LogP contribution in [0.5, 0.6) is 17.2 Å². The van der Waals surface area contributed by atoms with Gasteiger partial charge in [0.15, 0.2) is 0 Å². The zero-order valence-corrected chi connectivity index (χ0v) is 44.2. The van der Waals surface area contributed by atoms with Gasteiger partial charge in [0.2, 0.25) is 0 Å². The highest BCUT2D eigenvalue weighted by Gasteiger charge is 2.20. The Kier molecular flexibility index (Phi) is 17.4. The molecule has 0 bridgehead atoms. The lowest BCUT2D eigenvalue weighted by atomic mass is 9.85. The normalized spacial score (nSPS) is 11.6. The molecule has 0 radical (unpaired) electrons. The SMILES string of the molecule is CCCCCCCCCCOc1ccc2c(-c3ccc4cc(CCCCCC)ccc4c3)c3cc(Oc4cc(-c5ccc(C)cc5)ccc4C)ccc3c(-c3ccc4cc(CCCCCC)ccc4c3)c2c1. The topological polar surface area (TPSA) is 18.5 Å². The maximum Gasteiger partial charge on any atom is 0.130 e. The molecular weight excluding hydrogens is 873 g/mol. The van der Waals surface area contributed by atoms with Gasteiger partial charge in [-0.3, -0.25) is 0 Å². The van der Waals surface area contributed by atoms with Crippen LogP contribution in [-0.2, 0) is 12.8 Å². The molecule has 0 unspecified atom stereocenters. The van der Waals surface area contributed by atoms with Crippen molar-refractivity contribution in [3.63, 3.8) is 0 Å². The molecule has 2 heteroatoms. The molecule has 0 saturated carbocycles. The summed E-state index contributed by atoms with van der Waals surface area (Å²) >= 11 is 0. The second-order valence-corrected chi connectivity index (χ2v) is 20.9. The first-order chi connectivity index (χ1) is 35.4. The van der Waals surface area contributed by atoms with E-state index in [0.29, 0.717) is 0 Å². The van der Waals surface area contributed by atoms with Crippen LogP contribution in [0.25, 0.3) is 76.5 Å². The largest absolute Gasteiger partial charge is 0.494 e. The number of ether oxygens (including phenoxy) is 2. The van der Waals surface area contributed by atoms with E-state index in [1.165, 1.54) is 184 Å². The molecule has 0 saturated heterocycles. The predicted octanol–water partition coefficient (Wildman–Crippen LogP) is 21.5. The zero-order chi connectivity index (χ0) is 49.7. The second kappa shape index (κ2) is 24.8. The molecule has 0 aliphatic carbocycles. The van der Waals surface area contributed by atoms with Crippen LogP contribution in [-0.4, -0.2) is 6.61 Å². The summed E-state index contributed by atoms with van der Waals surface area (Å²) in [6, 6.07) is 57.4. The van der Waals surface area contributed by atoms with Crippen molar-refractivity contribution in [3.8, 4) is 50.6 Å². The lowest BCUT2D eigenvalue weighted by Gasteiger charge is -2.20. The molecule has 370 valence electrons. The van der Waals surface area contributed by atoms with Crippen LogP contribution in [0.3, 0.4) is 0 Å². The summed E-state index contributed by atoms with van der Waals surface area (Å²) in [7, 11) is 0. The highest BCUT2D eigenvalue weighted by Crippen LogP contribution is 2.47. The Morgan fingerprint density at radius 3 is 1.36 bits per heavy atom. The first-order valence-electron chi connectivity index (χ1n) is 28.0. The third kappa shape index (κ3) is 12.4. The molecule has 9 aromatic carbocycles. The van der Waals surface area contributed by atoms with Gasteiger partial charge >= 0.3 is 0 Å². The number of fused-ring (bicyclic) bond motifs is 4. The Morgan fingerprint density at radius 2 is 0.792 bits per heavy atom. The Balaban J connectivity index is 1.17. The van der Waals surface area contributed by atoms with E-state index in [1.807, 2.05) is 0 Å². The summed E-state index contributed by atoms with van der Waals surface area (Å²) in [5.74, 6) is 2.62. The number of aryl methyl sites for hydroxylation is 4. The van der Waals surface area contributed by atoms with E-state index in [2.05, 4.69) is 186 Å². The molecule has 0 aromatic heterocycles. The van der Waals surface area contributed by atoms with Gasteiger partial charge in [-0.15, -0.1) is 0 Å². The maximum absolute atomic E-state index is 6.99. The lowest BCUT2D eigenvalue weighted by Crippen LogP contribution is -1.98. The molecule has 2 nitrogen and oxygen atoms in total. The van der Waals surface area contributed by atoms with Crippen molar-refractivity contribution in [1.82, 2.24) is 0 Å². The number of unbranched alkanes of at least 4 members (excludes halogenated alkanes) is 13. The molecule has 0 atom stereocenters. The van der Waals surface area contributed by atoms with Crippen LogP contribution < -0.4 is 9.47 Å². The summed E-state index contributed by atoms with van der Waals surface area (Å²) in [6.45, 7) is 11.9. The molecule has 0 heterocycles. The highest BCUT2D eigenvalue weighted by atomic mass is 16.5. The monoisotopic (exact) mass is 951 g/mol. The fourth-order valence-electron chi connectivity index (χ4n) is 10.9. The molecule has 0 spiro atoms. The molecule has 9 rings (SSSR count). The van der Waals surface area contributed by atoms with Crippen LogP contribution in [0.15, 0.2) is 152 Å². The molecule has 0 aliphatic heterocycles. The summed E-state index contributed by atoms with van der Waals surface area (Å²) in [5, 5.41) is 9.90. The van der Waals surface area contributed by atoms with Crippen molar-refractivity contribution in [1.29, 1.82) is 0 Å². The van der Waals surface area contributed by atoms with Crippen molar-refractivity contribution < 1.29 is 9.47 Å². The molecule has 0 aliphatic rings.